The topological polar surface area (TPSA) is 59.8 Å². The number of amides is 1. The molecule has 0 aliphatic carbocycles. The normalized spacial score (nSPS) is 10.8. The molecule has 118 valence electrons. The summed E-state index contributed by atoms with van der Waals surface area (Å²) >= 11 is 2.84. The molecule has 1 aromatic carbocycles. The monoisotopic (exact) mass is 344 g/mol. The van der Waals surface area contributed by atoms with E-state index in [0.717, 1.165) is 21.9 Å². The summed E-state index contributed by atoms with van der Waals surface area (Å²) in [6.45, 7) is 6.36. The van der Waals surface area contributed by atoms with Crippen LogP contribution in [0.3, 0.4) is 0 Å². The number of thiazole rings is 1. The van der Waals surface area contributed by atoms with Gasteiger partial charge < -0.3 is 9.88 Å². The second-order valence-corrected chi connectivity index (χ2v) is 6.71. The van der Waals surface area contributed by atoms with E-state index in [-0.39, 0.29) is 5.91 Å². The molecule has 0 bridgehead atoms. The predicted molar refractivity (Wildman–Crippen MR) is 96.1 cm³/mol. The molecule has 7 heteroatoms. The summed E-state index contributed by atoms with van der Waals surface area (Å²) in [5, 5.41) is 6.17. The Morgan fingerprint density at radius 3 is 3.00 bits per heavy atom. The lowest BCUT2D eigenvalue weighted by Gasteiger charge is -2.05. The van der Waals surface area contributed by atoms with Crippen molar-refractivity contribution in [2.45, 2.75) is 18.6 Å². The highest BCUT2D eigenvalue weighted by Crippen LogP contribution is 2.24. The second kappa shape index (κ2) is 6.97. The maximum absolute atomic E-state index is 12.1. The molecule has 0 spiro atoms. The largest absolute Gasteiger partial charge is 0.315 e. The number of allylic oxidation sites excluding steroid dienone is 1. The molecule has 3 aromatic rings. The van der Waals surface area contributed by atoms with Gasteiger partial charge in [0.2, 0.25) is 5.91 Å². The highest BCUT2D eigenvalue weighted by molar-refractivity contribution is 7.99. The maximum atomic E-state index is 12.1. The van der Waals surface area contributed by atoms with Crippen molar-refractivity contribution < 1.29 is 4.79 Å². The first-order valence-electron chi connectivity index (χ1n) is 7.08. The molecule has 0 radical (unpaired) electrons. The number of benzene rings is 1. The number of aryl methyl sites for hydroxylation is 1. The SMILES string of the molecule is C=CCn1c(SCC(=O)Nc2nc(C)cs2)nc2ccccc21. The first kappa shape index (κ1) is 15.8. The van der Waals surface area contributed by atoms with E-state index in [1.807, 2.05) is 42.6 Å². The summed E-state index contributed by atoms with van der Waals surface area (Å²) in [4.78, 5) is 20.9. The lowest BCUT2D eigenvalue weighted by molar-refractivity contribution is -0.113. The van der Waals surface area contributed by atoms with Crippen molar-refractivity contribution in [1.29, 1.82) is 0 Å². The van der Waals surface area contributed by atoms with Crippen LogP contribution in [-0.2, 0) is 11.3 Å². The second-order valence-electron chi connectivity index (χ2n) is 4.91. The van der Waals surface area contributed by atoms with E-state index in [0.29, 0.717) is 17.4 Å². The Hall–Kier alpha value is -2.12. The van der Waals surface area contributed by atoms with Gasteiger partial charge in [0.1, 0.15) is 0 Å². The Balaban J connectivity index is 1.72. The Labute approximate surface area is 142 Å². The van der Waals surface area contributed by atoms with Crippen LogP contribution in [0.25, 0.3) is 11.0 Å². The number of anilines is 1. The van der Waals surface area contributed by atoms with E-state index in [1.54, 1.807) is 0 Å². The summed E-state index contributed by atoms with van der Waals surface area (Å²) in [6, 6.07) is 7.93. The summed E-state index contributed by atoms with van der Waals surface area (Å²) < 4.78 is 2.06. The van der Waals surface area contributed by atoms with Gasteiger partial charge in [0.15, 0.2) is 10.3 Å². The van der Waals surface area contributed by atoms with Crippen LogP contribution in [0.5, 0.6) is 0 Å². The number of rotatable bonds is 6. The van der Waals surface area contributed by atoms with Crippen molar-refractivity contribution in [3.05, 3.63) is 48.0 Å². The van der Waals surface area contributed by atoms with Gasteiger partial charge in [0.25, 0.3) is 0 Å². The molecule has 2 heterocycles. The number of carbonyl (C=O) groups is 1. The third-order valence-electron chi connectivity index (χ3n) is 3.13. The van der Waals surface area contributed by atoms with E-state index in [9.17, 15) is 4.79 Å². The number of nitrogens with zero attached hydrogens (tertiary/aromatic N) is 3. The molecule has 2 aromatic heterocycles. The molecule has 0 atom stereocenters. The average Bonchev–Trinajstić information content (AvgIpc) is 3.10. The first-order valence-corrected chi connectivity index (χ1v) is 8.95. The van der Waals surface area contributed by atoms with Crippen molar-refractivity contribution in [2.75, 3.05) is 11.1 Å². The molecule has 1 N–H and O–H groups in total. The smallest absolute Gasteiger partial charge is 0.236 e. The van der Waals surface area contributed by atoms with E-state index < -0.39 is 0 Å². The van der Waals surface area contributed by atoms with Crippen LogP contribution >= 0.6 is 23.1 Å². The highest BCUT2D eigenvalue weighted by Gasteiger charge is 2.12. The van der Waals surface area contributed by atoms with Gasteiger partial charge in [-0.15, -0.1) is 17.9 Å². The van der Waals surface area contributed by atoms with Crippen LogP contribution in [-0.4, -0.2) is 26.2 Å². The molecule has 0 unspecified atom stereocenters. The van der Waals surface area contributed by atoms with Crippen molar-refractivity contribution >= 4 is 45.2 Å². The number of aromatic nitrogens is 3. The fraction of sp³-hybridized carbons (Fsp3) is 0.188. The Bertz CT molecular complexity index is 853. The highest BCUT2D eigenvalue weighted by atomic mass is 32.2. The van der Waals surface area contributed by atoms with Gasteiger partial charge in [-0.2, -0.15) is 0 Å². The molecule has 0 aliphatic heterocycles. The number of hydrogen-bond acceptors (Lipinski definition) is 5. The molecule has 0 saturated heterocycles. The number of carbonyl (C=O) groups excluding carboxylic acids is 1. The van der Waals surface area contributed by atoms with Gasteiger partial charge in [-0.25, -0.2) is 9.97 Å². The van der Waals surface area contributed by atoms with Crippen molar-refractivity contribution in [3.8, 4) is 0 Å². The fourth-order valence-corrected chi connectivity index (χ4v) is 3.69. The van der Waals surface area contributed by atoms with E-state index in [4.69, 9.17) is 0 Å². The Morgan fingerprint density at radius 2 is 2.26 bits per heavy atom. The summed E-state index contributed by atoms with van der Waals surface area (Å²) in [5.41, 5.74) is 2.88. The molecule has 1 amide bonds. The zero-order chi connectivity index (χ0) is 16.2. The van der Waals surface area contributed by atoms with Gasteiger partial charge in [-0.1, -0.05) is 30.0 Å². The lowest BCUT2D eigenvalue weighted by atomic mass is 10.3. The molecular formula is C16H16N4OS2. The summed E-state index contributed by atoms with van der Waals surface area (Å²) in [5.74, 6) is 0.209. The first-order chi connectivity index (χ1) is 11.2. The third-order valence-corrected chi connectivity index (χ3v) is 4.98. The van der Waals surface area contributed by atoms with E-state index in [1.165, 1.54) is 23.1 Å². The van der Waals surface area contributed by atoms with E-state index in [2.05, 4.69) is 26.4 Å². The van der Waals surface area contributed by atoms with Crippen molar-refractivity contribution in [3.63, 3.8) is 0 Å². The number of hydrogen-bond donors (Lipinski definition) is 1. The van der Waals surface area contributed by atoms with Crippen LogP contribution in [0.4, 0.5) is 5.13 Å². The van der Waals surface area contributed by atoms with Crippen LogP contribution in [0.2, 0.25) is 0 Å². The lowest BCUT2D eigenvalue weighted by Crippen LogP contribution is -2.14. The molecule has 5 nitrogen and oxygen atoms in total. The Kier molecular flexibility index (Phi) is 4.78. The van der Waals surface area contributed by atoms with Gasteiger partial charge in [0.05, 0.1) is 22.5 Å². The van der Waals surface area contributed by atoms with E-state index >= 15 is 0 Å². The van der Waals surface area contributed by atoms with Gasteiger partial charge >= 0.3 is 0 Å². The predicted octanol–water partition coefficient (Wildman–Crippen LogP) is 3.72. The number of nitrogens with one attached hydrogen (secondary N) is 1. The van der Waals surface area contributed by atoms with Crippen molar-refractivity contribution in [1.82, 2.24) is 14.5 Å². The minimum absolute atomic E-state index is 0.0819. The van der Waals surface area contributed by atoms with Gasteiger partial charge in [-0.3, -0.25) is 4.79 Å². The van der Waals surface area contributed by atoms with Crippen LogP contribution in [0, 0.1) is 6.92 Å². The van der Waals surface area contributed by atoms with Gasteiger partial charge in [0, 0.05) is 11.9 Å². The fourth-order valence-electron chi connectivity index (χ4n) is 2.17. The number of fused-ring (bicyclic) bond motifs is 1. The minimum atomic E-state index is -0.0819. The zero-order valence-electron chi connectivity index (χ0n) is 12.7. The third kappa shape index (κ3) is 3.62. The summed E-state index contributed by atoms with van der Waals surface area (Å²) in [6.07, 6.45) is 1.83. The minimum Gasteiger partial charge on any atom is -0.315 e. The Morgan fingerprint density at radius 1 is 1.43 bits per heavy atom. The van der Waals surface area contributed by atoms with Crippen LogP contribution < -0.4 is 5.32 Å². The standard InChI is InChI=1S/C16H16N4OS2/c1-3-8-20-13-7-5-4-6-12(13)18-16(20)23-10-14(21)19-15-17-11(2)9-22-15/h3-7,9H,1,8,10H2,2H3,(H,17,19,21). The van der Waals surface area contributed by atoms with Crippen LogP contribution in [0.15, 0.2) is 47.5 Å². The molecule has 23 heavy (non-hydrogen) atoms. The molecule has 0 saturated carbocycles. The van der Waals surface area contributed by atoms with Crippen LogP contribution in [0.1, 0.15) is 5.69 Å². The zero-order valence-corrected chi connectivity index (χ0v) is 14.3. The van der Waals surface area contributed by atoms with Gasteiger partial charge in [-0.05, 0) is 19.1 Å². The number of imidazole rings is 1. The summed E-state index contributed by atoms with van der Waals surface area (Å²) in [7, 11) is 0. The molecule has 0 fully saturated rings. The van der Waals surface area contributed by atoms with Crippen molar-refractivity contribution in [2.24, 2.45) is 0 Å². The molecular weight excluding hydrogens is 328 g/mol. The molecule has 3 rings (SSSR count). The number of para-hydroxylation sites is 2. The number of thioether (sulfide) groups is 1. The maximum Gasteiger partial charge on any atom is 0.236 e. The average molecular weight is 344 g/mol. The quantitative estimate of drug-likeness (QED) is 0.547. The molecule has 0 aliphatic rings.